The van der Waals surface area contributed by atoms with Gasteiger partial charge in [0.2, 0.25) is 0 Å². The second-order valence-corrected chi connectivity index (χ2v) is 5.00. The summed E-state index contributed by atoms with van der Waals surface area (Å²) in [6.45, 7) is 7.16. The average molecular weight is 286 g/mol. The lowest BCUT2D eigenvalue weighted by atomic mass is 10.1. The van der Waals surface area contributed by atoms with E-state index in [-0.39, 0.29) is 11.7 Å². The Morgan fingerprint density at radius 2 is 1.90 bits per heavy atom. The fraction of sp³-hybridized carbons (Fsp3) is 0.312. The Hall–Kier alpha value is -2.43. The molecule has 1 amide bonds. The van der Waals surface area contributed by atoms with Crippen LogP contribution in [0.1, 0.15) is 50.5 Å². The largest absolute Gasteiger partial charge is 0.466 e. The predicted octanol–water partition coefficient (Wildman–Crippen LogP) is 2.73. The topological polar surface area (TPSA) is 72.2 Å². The van der Waals surface area contributed by atoms with Gasteiger partial charge in [-0.05, 0) is 45.9 Å². The number of hydrogen-bond donors (Lipinski definition) is 1. The molecule has 0 aliphatic carbocycles. The lowest BCUT2D eigenvalue weighted by molar-refractivity contribution is 0.0947. The van der Waals surface area contributed by atoms with Crippen LogP contribution in [0.5, 0.6) is 0 Å². The molecule has 5 nitrogen and oxygen atoms in total. The molecule has 0 bridgehead atoms. The van der Waals surface area contributed by atoms with Gasteiger partial charge in [-0.3, -0.25) is 14.6 Å². The van der Waals surface area contributed by atoms with Gasteiger partial charge in [0.1, 0.15) is 11.5 Å². The highest BCUT2D eigenvalue weighted by molar-refractivity contribution is 5.95. The summed E-state index contributed by atoms with van der Waals surface area (Å²) in [4.78, 5) is 27.7. The van der Waals surface area contributed by atoms with E-state index in [0.29, 0.717) is 40.6 Å². The quantitative estimate of drug-likeness (QED) is 0.877. The number of aryl methyl sites for hydroxylation is 3. The summed E-state index contributed by atoms with van der Waals surface area (Å²) in [7, 11) is 0. The molecule has 0 spiro atoms. The predicted molar refractivity (Wildman–Crippen MR) is 78.3 cm³/mol. The number of carbonyl (C=O) groups is 2. The number of furan rings is 1. The van der Waals surface area contributed by atoms with Crippen LogP contribution in [-0.2, 0) is 6.54 Å². The summed E-state index contributed by atoms with van der Waals surface area (Å²) in [6, 6.07) is 5.19. The van der Waals surface area contributed by atoms with Gasteiger partial charge >= 0.3 is 0 Å². The molecule has 5 heteroatoms. The third-order valence-electron chi connectivity index (χ3n) is 3.24. The van der Waals surface area contributed by atoms with Crippen LogP contribution < -0.4 is 5.32 Å². The van der Waals surface area contributed by atoms with Crippen LogP contribution in [0.3, 0.4) is 0 Å². The highest BCUT2D eigenvalue weighted by Crippen LogP contribution is 2.13. The minimum absolute atomic E-state index is 0.0138. The molecule has 0 unspecified atom stereocenters. The molecule has 2 rings (SSSR count). The van der Waals surface area contributed by atoms with E-state index < -0.39 is 0 Å². The van der Waals surface area contributed by atoms with E-state index in [4.69, 9.17) is 4.42 Å². The van der Waals surface area contributed by atoms with Gasteiger partial charge in [-0.25, -0.2) is 0 Å². The Balaban J connectivity index is 2.06. The van der Waals surface area contributed by atoms with Crippen molar-refractivity contribution >= 4 is 11.7 Å². The van der Waals surface area contributed by atoms with Crippen molar-refractivity contribution in [3.05, 3.63) is 52.2 Å². The standard InChI is InChI=1S/C16H18N2O3/c1-9-7-15(12(4)21-9)16(20)17-8-13-5-6-14(11(3)19)10(2)18-13/h5-7H,8H2,1-4H3,(H,17,20). The van der Waals surface area contributed by atoms with Crippen molar-refractivity contribution in [1.82, 2.24) is 10.3 Å². The maximum Gasteiger partial charge on any atom is 0.255 e. The van der Waals surface area contributed by atoms with Crippen LogP contribution in [0.15, 0.2) is 22.6 Å². The van der Waals surface area contributed by atoms with Gasteiger partial charge in [0.25, 0.3) is 5.91 Å². The normalized spacial score (nSPS) is 10.5. The molecule has 0 aromatic carbocycles. The molecule has 0 saturated heterocycles. The van der Waals surface area contributed by atoms with E-state index in [1.165, 1.54) is 6.92 Å². The van der Waals surface area contributed by atoms with Crippen molar-refractivity contribution in [2.24, 2.45) is 0 Å². The number of nitrogens with one attached hydrogen (secondary N) is 1. The van der Waals surface area contributed by atoms with Crippen LogP contribution in [0.25, 0.3) is 0 Å². The zero-order valence-electron chi connectivity index (χ0n) is 12.6. The third kappa shape index (κ3) is 3.37. The van der Waals surface area contributed by atoms with Crippen LogP contribution in [0.4, 0.5) is 0 Å². The third-order valence-corrected chi connectivity index (χ3v) is 3.24. The molecule has 1 N–H and O–H groups in total. The molecule has 110 valence electrons. The fourth-order valence-electron chi connectivity index (χ4n) is 2.21. The van der Waals surface area contributed by atoms with E-state index in [1.54, 1.807) is 39.0 Å². The molecule has 0 radical (unpaired) electrons. The number of rotatable bonds is 4. The summed E-state index contributed by atoms with van der Waals surface area (Å²) in [5.74, 6) is 1.10. The van der Waals surface area contributed by atoms with Gasteiger partial charge in [-0.15, -0.1) is 0 Å². The smallest absolute Gasteiger partial charge is 0.255 e. The highest BCUT2D eigenvalue weighted by atomic mass is 16.3. The van der Waals surface area contributed by atoms with Crippen LogP contribution >= 0.6 is 0 Å². The van der Waals surface area contributed by atoms with Crippen LogP contribution in [0.2, 0.25) is 0 Å². The maximum absolute atomic E-state index is 12.1. The van der Waals surface area contributed by atoms with Crippen LogP contribution in [0, 0.1) is 20.8 Å². The number of Topliss-reactive ketones (excluding diaryl/α,β-unsaturated/α-hetero) is 1. The van der Waals surface area contributed by atoms with Crippen molar-refractivity contribution in [1.29, 1.82) is 0 Å². The number of carbonyl (C=O) groups excluding carboxylic acids is 2. The summed E-state index contributed by atoms with van der Waals surface area (Å²) in [5, 5.41) is 2.80. The Bertz CT molecular complexity index is 702. The van der Waals surface area contributed by atoms with Crippen molar-refractivity contribution < 1.29 is 14.0 Å². The average Bonchev–Trinajstić information content (AvgIpc) is 2.74. The number of amides is 1. The summed E-state index contributed by atoms with van der Waals surface area (Å²) >= 11 is 0. The maximum atomic E-state index is 12.1. The van der Waals surface area contributed by atoms with Crippen LogP contribution in [-0.4, -0.2) is 16.7 Å². The van der Waals surface area contributed by atoms with E-state index in [1.807, 2.05) is 0 Å². The molecular formula is C16H18N2O3. The number of ketones is 1. The SMILES string of the molecule is CC(=O)c1ccc(CNC(=O)c2cc(C)oc2C)nc1C. The molecule has 0 aliphatic heterocycles. The van der Waals surface area contributed by atoms with Crippen molar-refractivity contribution in [3.63, 3.8) is 0 Å². The van der Waals surface area contributed by atoms with Gasteiger partial charge < -0.3 is 9.73 Å². The minimum Gasteiger partial charge on any atom is -0.466 e. The number of aromatic nitrogens is 1. The molecule has 2 aromatic rings. The molecule has 2 heterocycles. The van der Waals surface area contributed by atoms with Crippen molar-refractivity contribution in [2.45, 2.75) is 34.2 Å². The fourth-order valence-corrected chi connectivity index (χ4v) is 2.21. The lowest BCUT2D eigenvalue weighted by Crippen LogP contribution is -2.23. The summed E-state index contributed by atoms with van der Waals surface area (Å²) in [6.07, 6.45) is 0. The first kappa shape index (κ1) is 15.0. The lowest BCUT2D eigenvalue weighted by Gasteiger charge is -2.07. The zero-order valence-corrected chi connectivity index (χ0v) is 12.6. The summed E-state index contributed by atoms with van der Waals surface area (Å²) in [5.41, 5.74) is 2.52. The second-order valence-electron chi connectivity index (χ2n) is 5.00. The molecule has 2 aromatic heterocycles. The molecule has 0 atom stereocenters. The minimum atomic E-state index is -0.195. The molecule has 21 heavy (non-hydrogen) atoms. The second kappa shape index (κ2) is 5.91. The van der Waals surface area contributed by atoms with E-state index >= 15 is 0 Å². The first-order valence-electron chi connectivity index (χ1n) is 6.71. The van der Waals surface area contributed by atoms with E-state index in [9.17, 15) is 9.59 Å². The monoisotopic (exact) mass is 286 g/mol. The Morgan fingerprint density at radius 3 is 2.43 bits per heavy atom. The van der Waals surface area contributed by atoms with Gasteiger partial charge in [0.15, 0.2) is 5.78 Å². The molecule has 0 aliphatic rings. The Labute approximate surface area is 123 Å². The van der Waals surface area contributed by atoms with E-state index in [2.05, 4.69) is 10.3 Å². The first-order chi connectivity index (χ1) is 9.88. The van der Waals surface area contributed by atoms with Crippen molar-refractivity contribution in [3.8, 4) is 0 Å². The van der Waals surface area contributed by atoms with Gasteiger partial charge in [-0.1, -0.05) is 0 Å². The molecule has 0 fully saturated rings. The summed E-state index contributed by atoms with van der Waals surface area (Å²) < 4.78 is 5.33. The highest BCUT2D eigenvalue weighted by Gasteiger charge is 2.13. The Morgan fingerprint density at radius 1 is 1.19 bits per heavy atom. The first-order valence-corrected chi connectivity index (χ1v) is 6.71. The van der Waals surface area contributed by atoms with Gasteiger partial charge in [-0.2, -0.15) is 0 Å². The number of pyridine rings is 1. The van der Waals surface area contributed by atoms with Gasteiger partial charge in [0.05, 0.1) is 17.8 Å². The number of hydrogen-bond acceptors (Lipinski definition) is 4. The zero-order chi connectivity index (χ0) is 15.6. The van der Waals surface area contributed by atoms with Gasteiger partial charge in [0, 0.05) is 11.3 Å². The number of nitrogens with zero attached hydrogens (tertiary/aromatic N) is 1. The Kier molecular flexibility index (Phi) is 4.21. The molecular weight excluding hydrogens is 268 g/mol. The van der Waals surface area contributed by atoms with E-state index in [0.717, 1.165) is 0 Å². The molecule has 0 saturated carbocycles. The van der Waals surface area contributed by atoms with Crippen molar-refractivity contribution in [2.75, 3.05) is 0 Å².